The zero-order chi connectivity index (χ0) is 15.9. The van der Waals surface area contributed by atoms with Crippen LogP contribution in [0.1, 0.15) is 19.8 Å². The van der Waals surface area contributed by atoms with E-state index in [0.29, 0.717) is 0 Å². The molecule has 0 N–H and O–H groups in total. The lowest BCUT2D eigenvalue weighted by atomic mass is 10.1. The van der Waals surface area contributed by atoms with Crippen molar-refractivity contribution < 1.29 is 4.74 Å². The molecule has 1 aromatic heterocycles. The van der Waals surface area contributed by atoms with Crippen LogP contribution < -0.4 is 4.74 Å². The minimum absolute atomic E-state index is 0.778. The number of rotatable bonds is 6. The highest BCUT2D eigenvalue weighted by atomic mass is 16.5. The average molecular weight is 303 g/mol. The zero-order valence-corrected chi connectivity index (χ0v) is 13.4. The van der Waals surface area contributed by atoms with Gasteiger partial charge in [0.15, 0.2) is 0 Å². The molecule has 0 amide bonds. The highest BCUT2D eigenvalue weighted by Gasteiger charge is 2.02. The van der Waals surface area contributed by atoms with E-state index in [1.807, 2.05) is 36.5 Å². The van der Waals surface area contributed by atoms with E-state index in [-0.39, 0.29) is 0 Å². The van der Waals surface area contributed by atoms with Crippen molar-refractivity contribution in [2.45, 2.75) is 19.8 Å². The van der Waals surface area contributed by atoms with Crippen molar-refractivity contribution in [1.29, 1.82) is 0 Å². The third-order valence-electron chi connectivity index (χ3n) is 3.79. The molecule has 116 valence electrons. The Balaban J connectivity index is 1.72. The maximum absolute atomic E-state index is 5.69. The third kappa shape index (κ3) is 3.98. The Hall–Kier alpha value is -2.61. The molecule has 23 heavy (non-hydrogen) atoms. The molecule has 2 nitrogen and oxygen atoms in total. The fourth-order valence-corrected chi connectivity index (χ4v) is 2.42. The summed E-state index contributed by atoms with van der Waals surface area (Å²) in [5.74, 6) is 0.920. The number of benzene rings is 2. The normalized spacial score (nSPS) is 10.5. The molecule has 0 bridgehead atoms. The van der Waals surface area contributed by atoms with Crippen LogP contribution in [0.3, 0.4) is 0 Å². The van der Waals surface area contributed by atoms with E-state index < -0.39 is 0 Å². The Kier molecular flexibility index (Phi) is 5.05. The van der Waals surface area contributed by atoms with Crippen LogP contribution in [0, 0.1) is 0 Å². The van der Waals surface area contributed by atoms with Crippen LogP contribution in [-0.2, 0) is 0 Å². The molecule has 0 aliphatic rings. The van der Waals surface area contributed by atoms with Crippen LogP contribution in [0.4, 0.5) is 0 Å². The SMILES string of the molecule is CCCCOc1ccc(-c2ccc(-c3ccccc3)cn2)cc1. The summed E-state index contributed by atoms with van der Waals surface area (Å²) in [6, 6.07) is 22.6. The lowest BCUT2D eigenvalue weighted by Gasteiger charge is -2.07. The first-order valence-electron chi connectivity index (χ1n) is 8.11. The highest BCUT2D eigenvalue weighted by Crippen LogP contribution is 2.24. The predicted octanol–water partition coefficient (Wildman–Crippen LogP) is 5.59. The van der Waals surface area contributed by atoms with Gasteiger partial charge in [-0.1, -0.05) is 49.7 Å². The number of pyridine rings is 1. The molecule has 0 spiro atoms. The van der Waals surface area contributed by atoms with E-state index in [0.717, 1.165) is 42.0 Å². The summed E-state index contributed by atoms with van der Waals surface area (Å²) >= 11 is 0. The van der Waals surface area contributed by atoms with Crippen LogP contribution in [-0.4, -0.2) is 11.6 Å². The molecular formula is C21H21NO. The Bertz CT molecular complexity index is 718. The number of aromatic nitrogens is 1. The molecule has 2 aromatic carbocycles. The second-order valence-electron chi connectivity index (χ2n) is 5.52. The molecule has 0 unspecified atom stereocenters. The van der Waals surface area contributed by atoms with Gasteiger partial charge in [-0.25, -0.2) is 0 Å². The third-order valence-corrected chi connectivity index (χ3v) is 3.79. The minimum atomic E-state index is 0.778. The van der Waals surface area contributed by atoms with E-state index in [2.05, 4.69) is 48.3 Å². The molecule has 1 heterocycles. The standard InChI is InChI=1S/C21H21NO/c1-2-3-15-23-20-12-9-18(10-13-20)21-14-11-19(16-22-21)17-7-5-4-6-8-17/h4-14,16H,2-3,15H2,1H3. The second-order valence-corrected chi connectivity index (χ2v) is 5.52. The van der Waals surface area contributed by atoms with Crippen molar-refractivity contribution in [2.24, 2.45) is 0 Å². The van der Waals surface area contributed by atoms with Gasteiger partial charge in [0.2, 0.25) is 0 Å². The van der Waals surface area contributed by atoms with Gasteiger partial charge in [0, 0.05) is 17.3 Å². The van der Waals surface area contributed by atoms with Gasteiger partial charge in [0.25, 0.3) is 0 Å². The van der Waals surface area contributed by atoms with Crippen LogP contribution in [0.5, 0.6) is 5.75 Å². The Labute approximate surface area is 137 Å². The van der Waals surface area contributed by atoms with Crippen molar-refractivity contribution in [2.75, 3.05) is 6.61 Å². The van der Waals surface area contributed by atoms with Gasteiger partial charge in [0.05, 0.1) is 12.3 Å². The molecule has 0 aliphatic heterocycles. The van der Waals surface area contributed by atoms with E-state index in [1.165, 1.54) is 5.56 Å². The zero-order valence-electron chi connectivity index (χ0n) is 13.4. The quantitative estimate of drug-likeness (QED) is 0.553. The van der Waals surface area contributed by atoms with E-state index >= 15 is 0 Å². The monoisotopic (exact) mass is 303 g/mol. The molecule has 0 saturated carbocycles. The van der Waals surface area contributed by atoms with Crippen LogP contribution in [0.15, 0.2) is 72.9 Å². The van der Waals surface area contributed by atoms with Gasteiger partial charge in [-0.3, -0.25) is 4.98 Å². The van der Waals surface area contributed by atoms with Gasteiger partial charge >= 0.3 is 0 Å². The average Bonchev–Trinajstić information content (AvgIpc) is 2.63. The summed E-state index contributed by atoms with van der Waals surface area (Å²) in [6.07, 6.45) is 4.16. The van der Waals surface area contributed by atoms with Crippen molar-refractivity contribution in [3.8, 4) is 28.1 Å². The van der Waals surface area contributed by atoms with E-state index in [1.54, 1.807) is 0 Å². The lowest BCUT2D eigenvalue weighted by Crippen LogP contribution is -1.96. The molecule has 3 rings (SSSR count). The Morgan fingerprint density at radius 1 is 0.783 bits per heavy atom. The summed E-state index contributed by atoms with van der Waals surface area (Å²) in [5, 5.41) is 0. The largest absolute Gasteiger partial charge is 0.494 e. The number of unbranched alkanes of at least 4 members (excludes halogenated alkanes) is 1. The van der Waals surface area contributed by atoms with Crippen molar-refractivity contribution in [1.82, 2.24) is 4.98 Å². The molecule has 0 atom stereocenters. The molecule has 0 radical (unpaired) electrons. The Morgan fingerprint density at radius 3 is 2.17 bits per heavy atom. The fourth-order valence-electron chi connectivity index (χ4n) is 2.42. The Morgan fingerprint density at radius 2 is 1.52 bits per heavy atom. The lowest BCUT2D eigenvalue weighted by molar-refractivity contribution is 0.309. The summed E-state index contributed by atoms with van der Waals surface area (Å²) in [7, 11) is 0. The van der Waals surface area contributed by atoms with Crippen LogP contribution >= 0.6 is 0 Å². The topological polar surface area (TPSA) is 22.1 Å². The maximum Gasteiger partial charge on any atom is 0.119 e. The maximum atomic E-state index is 5.69. The van der Waals surface area contributed by atoms with Gasteiger partial charge in [0.1, 0.15) is 5.75 Å². The first kappa shape index (κ1) is 15.3. The predicted molar refractivity (Wildman–Crippen MR) is 95.5 cm³/mol. The van der Waals surface area contributed by atoms with Gasteiger partial charge < -0.3 is 4.74 Å². The molecular weight excluding hydrogens is 282 g/mol. The smallest absolute Gasteiger partial charge is 0.119 e. The van der Waals surface area contributed by atoms with E-state index in [9.17, 15) is 0 Å². The van der Waals surface area contributed by atoms with Gasteiger partial charge in [-0.05, 0) is 42.3 Å². The molecule has 3 aromatic rings. The van der Waals surface area contributed by atoms with Crippen LogP contribution in [0.2, 0.25) is 0 Å². The minimum Gasteiger partial charge on any atom is -0.494 e. The number of hydrogen-bond donors (Lipinski definition) is 0. The van der Waals surface area contributed by atoms with Crippen molar-refractivity contribution in [3.05, 3.63) is 72.9 Å². The fraction of sp³-hybridized carbons (Fsp3) is 0.190. The molecule has 0 fully saturated rings. The second kappa shape index (κ2) is 7.59. The van der Waals surface area contributed by atoms with Gasteiger partial charge in [-0.15, -0.1) is 0 Å². The summed E-state index contributed by atoms with van der Waals surface area (Å²) in [6.45, 7) is 2.94. The summed E-state index contributed by atoms with van der Waals surface area (Å²) < 4.78 is 5.69. The molecule has 0 saturated heterocycles. The summed E-state index contributed by atoms with van der Waals surface area (Å²) in [5.41, 5.74) is 4.40. The highest BCUT2D eigenvalue weighted by molar-refractivity contribution is 5.66. The molecule has 2 heteroatoms. The number of hydrogen-bond acceptors (Lipinski definition) is 2. The van der Waals surface area contributed by atoms with Crippen molar-refractivity contribution >= 4 is 0 Å². The first-order chi connectivity index (χ1) is 11.4. The molecule has 0 aliphatic carbocycles. The number of ether oxygens (including phenoxy) is 1. The first-order valence-corrected chi connectivity index (χ1v) is 8.11. The summed E-state index contributed by atoms with van der Waals surface area (Å²) in [4.78, 5) is 4.59. The van der Waals surface area contributed by atoms with Crippen molar-refractivity contribution in [3.63, 3.8) is 0 Å². The number of nitrogens with zero attached hydrogens (tertiary/aromatic N) is 1. The van der Waals surface area contributed by atoms with Crippen LogP contribution in [0.25, 0.3) is 22.4 Å². The van der Waals surface area contributed by atoms with E-state index in [4.69, 9.17) is 4.74 Å². The van der Waals surface area contributed by atoms with Gasteiger partial charge in [-0.2, -0.15) is 0 Å².